The number of rotatable bonds is 4. The number of carbonyl (C=O) groups is 1. The summed E-state index contributed by atoms with van der Waals surface area (Å²) in [5.74, 6) is 0.655. The number of carbonyl (C=O) groups excluding carboxylic acids is 1. The van der Waals surface area contributed by atoms with E-state index in [4.69, 9.17) is 4.74 Å². The van der Waals surface area contributed by atoms with Crippen LogP contribution in [0.4, 0.5) is 0 Å². The Kier molecular flexibility index (Phi) is 8.05. The lowest BCUT2D eigenvalue weighted by Gasteiger charge is -2.23. The largest absolute Gasteiger partial charge is 0.374 e. The fourth-order valence-corrected chi connectivity index (χ4v) is 2.29. The van der Waals surface area contributed by atoms with E-state index in [-0.39, 0.29) is 36.8 Å². The van der Waals surface area contributed by atoms with Crippen LogP contribution in [0.5, 0.6) is 0 Å². The van der Waals surface area contributed by atoms with Crippen molar-refractivity contribution in [1.29, 1.82) is 0 Å². The Balaban J connectivity index is 0.00000132. The van der Waals surface area contributed by atoms with Gasteiger partial charge in [-0.2, -0.15) is 0 Å². The summed E-state index contributed by atoms with van der Waals surface area (Å²) >= 11 is 0. The number of amides is 1. The molecule has 126 valence electrons. The van der Waals surface area contributed by atoms with Crippen molar-refractivity contribution >= 4 is 30.7 Å². The number of benzene rings is 1. The number of halogens is 2. The van der Waals surface area contributed by atoms with Gasteiger partial charge < -0.3 is 20.4 Å². The molecule has 23 heavy (non-hydrogen) atoms. The summed E-state index contributed by atoms with van der Waals surface area (Å²) in [6, 6.07) is 7.39. The first-order chi connectivity index (χ1) is 10.3. The zero-order valence-corrected chi connectivity index (χ0v) is 14.1. The fraction of sp³-hybridized carbons (Fsp3) is 0.333. The number of nitrogens with one attached hydrogen (secondary N) is 3. The number of H-pyrrole nitrogens is 1. The molecule has 3 N–H and O–H groups in total. The van der Waals surface area contributed by atoms with Crippen molar-refractivity contribution < 1.29 is 9.53 Å². The molecule has 0 spiro atoms. The third kappa shape index (κ3) is 5.21. The number of hydrogen-bond acceptors (Lipinski definition) is 4. The second kappa shape index (κ2) is 9.52. The number of hydrogen-bond donors (Lipinski definition) is 3. The molecule has 1 atom stereocenters. The average molecular weight is 359 g/mol. The first-order valence-corrected chi connectivity index (χ1v) is 7.03. The van der Waals surface area contributed by atoms with Crippen molar-refractivity contribution in [2.24, 2.45) is 0 Å². The van der Waals surface area contributed by atoms with Crippen molar-refractivity contribution in [2.75, 3.05) is 26.2 Å². The Hall–Kier alpha value is -1.60. The Morgan fingerprint density at radius 3 is 2.96 bits per heavy atom. The first kappa shape index (κ1) is 19.4. The number of morpholine rings is 1. The number of ether oxygens (including phenoxy) is 1. The Labute approximate surface area is 147 Å². The fourth-order valence-electron chi connectivity index (χ4n) is 2.29. The molecule has 1 saturated heterocycles. The third-order valence-electron chi connectivity index (χ3n) is 3.39. The topological polar surface area (TPSA) is 79.0 Å². The van der Waals surface area contributed by atoms with Crippen LogP contribution >= 0.6 is 24.8 Å². The minimum Gasteiger partial charge on any atom is -0.374 e. The predicted octanol–water partition coefficient (Wildman–Crippen LogP) is 1.64. The summed E-state index contributed by atoms with van der Waals surface area (Å²) < 4.78 is 5.55. The van der Waals surface area contributed by atoms with E-state index in [1.807, 2.05) is 18.2 Å². The van der Waals surface area contributed by atoms with Crippen molar-refractivity contribution in [3.8, 4) is 11.4 Å². The maximum atomic E-state index is 12.2. The molecule has 1 aromatic carbocycles. The Bertz CT molecular complexity index is 601. The van der Waals surface area contributed by atoms with E-state index in [1.54, 1.807) is 18.5 Å². The molecule has 1 fully saturated rings. The van der Waals surface area contributed by atoms with E-state index in [0.717, 1.165) is 24.5 Å². The normalized spacial score (nSPS) is 16.8. The van der Waals surface area contributed by atoms with E-state index < -0.39 is 0 Å². The van der Waals surface area contributed by atoms with Crippen LogP contribution in [0.25, 0.3) is 11.4 Å². The van der Waals surface area contributed by atoms with Gasteiger partial charge in [-0.1, -0.05) is 12.1 Å². The molecule has 1 aliphatic heterocycles. The van der Waals surface area contributed by atoms with Gasteiger partial charge in [-0.05, 0) is 12.1 Å². The Morgan fingerprint density at radius 1 is 1.39 bits per heavy atom. The second-order valence-electron chi connectivity index (χ2n) is 4.93. The standard InChI is InChI=1S/C15H18N4O2.2ClH/c20-15(19-10-13-9-16-6-7-21-13)12-3-1-2-11(8-12)14-17-4-5-18-14;;/h1-5,8,13,16H,6-7,9-10H2,(H,17,18)(H,19,20);2*1H. The SMILES string of the molecule is Cl.Cl.O=C(NCC1CNCCO1)c1cccc(-c2ncc[nH]2)c1. The quantitative estimate of drug-likeness (QED) is 0.776. The molecule has 1 amide bonds. The maximum Gasteiger partial charge on any atom is 0.251 e. The lowest BCUT2D eigenvalue weighted by atomic mass is 10.1. The van der Waals surface area contributed by atoms with E-state index in [2.05, 4.69) is 20.6 Å². The van der Waals surface area contributed by atoms with Gasteiger partial charge in [-0.15, -0.1) is 24.8 Å². The van der Waals surface area contributed by atoms with Crippen molar-refractivity contribution in [1.82, 2.24) is 20.6 Å². The van der Waals surface area contributed by atoms with Gasteiger partial charge in [-0.3, -0.25) is 4.79 Å². The molecule has 0 aliphatic carbocycles. The van der Waals surface area contributed by atoms with Gasteiger partial charge >= 0.3 is 0 Å². The van der Waals surface area contributed by atoms with Crippen LogP contribution in [0, 0.1) is 0 Å². The van der Waals surface area contributed by atoms with Gasteiger partial charge in [0.25, 0.3) is 5.91 Å². The predicted molar refractivity (Wildman–Crippen MR) is 93.5 cm³/mol. The summed E-state index contributed by atoms with van der Waals surface area (Å²) in [7, 11) is 0. The molecule has 3 rings (SSSR count). The molecular formula is C15H20Cl2N4O2. The minimum atomic E-state index is -0.0995. The maximum absolute atomic E-state index is 12.2. The van der Waals surface area contributed by atoms with Crippen LogP contribution in [-0.2, 0) is 4.74 Å². The molecule has 1 unspecified atom stereocenters. The van der Waals surface area contributed by atoms with Gasteiger partial charge in [0.1, 0.15) is 5.82 Å². The molecular weight excluding hydrogens is 339 g/mol. The van der Waals surface area contributed by atoms with Crippen molar-refractivity contribution in [3.05, 3.63) is 42.2 Å². The van der Waals surface area contributed by atoms with Crippen molar-refractivity contribution in [3.63, 3.8) is 0 Å². The van der Waals surface area contributed by atoms with E-state index >= 15 is 0 Å². The summed E-state index contributed by atoms with van der Waals surface area (Å²) in [5.41, 5.74) is 1.51. The van der Waals surface area contributed by atoms with E-state index in [9.17, 15) is 4.79 Å². The van der Waals surface area contributed by atoms with Crippen LogP contribution in [0.2, 0.25) is 0 Å². The van der Waals surface area contributed by atoms with E-state index in [1.165, 1.54) is 0 Å². The number of aromatic amines is 1. The van der Waals surface area contributed by atoms with Crippen LogP contribution in [0.1, 0.15) is 10.4 Å². The van der Waals surface area contributed by atoms with Gasteiger partial charge in [0.15, 0.2) is 0 Å². The van der Waals surface area contributed by atoms with Crippen LogP contribution in [0.15, 0.2) is 36.7 Å². The smallest absolute Gasteiger partial charge is 0.251 e. The minimum absolute atomic E-state index is 0. The molecule has 1 aromatic heterocycles. The van der Waals surface area contributed by atoms with Gasteiger partial charge in [0.2, 0.25) is 0 Å². The zero-order chi connectivity index (χ0) is 14.5. The highest BCUT2D eigenvalue weighted by Crippen LogP contribution is 2.15. The van der Waals surface area contributed by atoms with Crippen LogP contribution < -0.4 is 10.6 Å². The average Bonchev–Trinajstić information content (AvgIpc) is 3.08. The van der Waals surface area contributed by atoms with Gasteiger partial charge in [0.05, 0.1) is 12.7 Å². The summed E-state index contributed by atoms with van der Waals surface area (Å²) in [5, 5.41) is 6.14. The highest BCUT2D eigenvalue weighted by molar-refractivity contribution is 5.95. The van der Waals surface area contributed by atoms with Gasteiger partial charge in [-0.25, -0.2) is 4.98 Å². The monoisotopic (exact) mass is 358 g/mol. The van der Waals surface area contributed by atoms with Gasteiger partial charge in [0, 0.05) is 43.2 Å². The number of aromatic nitrogens is 2. The summed E-state index contributed by atoms with van der Waals surface area (Å²) in [6.07, 6.45) is 3.49. The highest BCUT2D eigenvalue weighted by Gasteiger charge is 2.15. The number of nitrogens with zero attached hydrogens (tertiary/aromatic N) is 1. The Morgan fingerprint density at radius 2 is 2.26 bits per heavy atom. The number of imidazole rings is 1. The summed E-state index contributed by atoms with van der Waals surface area (Å²) in [4.78, 5) is 19.4. The molecule has 8 heteroatoms. The van der Waals surface area contributed by atoms with Crippen molar-refractivity contribution in [2.45, 2.75) is 6.10 Å². The van der Waals surface area contributed by atoms with E-state index in [0.29, 0.717) is 18.7 Å². The molecule has 6 nitrogen and oxygen atoms in total. The summed E-state index contributed by atoms with van der Waals surface area (Å²) in [6.45, 7) is 2.84. The molecule has 2 aromatic rings. The molecule has 0 saturated carbocycles. The second-order valence-corrected chi connectivity index (χ2v) is 4.93. The third-order valence-corrected chi connectivity index (χ3v) is 3.39. The molecule has 1 aliphatic rings. The van der Waals surface area contributed by atoms with Crippen LogP contribution in [0.3, 0.4) is 0 Å². The van der Waals surface area contributed by atoms with Crippen LogP contribution in [-0.4, -0.2) is 48.2 Å². The lowest BCUT2D eigenvalue weighted by molar-refractivity contribution is 0.0287. The lowest BCUT2D eigenvalue weighted by Crippen LogP contribution is -2.45. The molecule has 0 radical (unpaired) electrons. The zero-order valence-electron chi connectivity index (χ0n) is 12.5. The first-order valence-electron chi connectivity index (χ1n) is 7.03. The highest BCUT2D eigenvalue weighted by atomic mass is 35.5. The molecule has 2 heterocycles. The molecule has 0 bridgehead atoms.